The second-order valence-corrected chi connectivity index (χ2v) is 26.3. The summed E-state index contributed by atoms with van der Waals surface area (Å²) < 4.78 is 0. The molecule has 1 fully saturated rings. The van der Waals surface area contributed by atoms with Crippen molar-refractivity contribution in [1.82, 2.24) is 4.86 Å². The van der Waals surface area contributed by atoms with Gasteiger partial charge in [-0.2, -0.15) is 0 Å². The summed E-state index contributed by atoms with van der Waals surface area (Å²) in [5, 5.41) is 1.06. The topological polar surface area (TPSA) is 42.2 Å². The Balaban J connectivity index is 1.96. The minimum atomic E-state index is -3.76. The molecular weight excluding hydrogens is 459 g/mol. The molecule has 4 aromatic rings. The van der Waals surface area contributed by atoms with Gasteiger partial charge in [-0.1, -0.05) is 0 Å². The molecule has 2 N–H and O–H groups in total. The zero-order valence-electron chi connectivity index (χ0n) is 15.8. The molecule has 1 heterocycles. The third-order valence-corrected chi connectivity index (χ3v) is 33.9. The normalized spacial score (nSPS) is 22.8. The summed E-state index contributed by atoms with van der Waals surface area (Å²) in [6.45, 7) is -3.76. The molecule has 0 amide bonds. The van der Waals surface area contributed by atoms with Gasteiger partial charge in [0.05, 0.1) is 0 Å². The molecule has 0 aromatic heterocycles. The van der Waals surface area contributed by atoms with Crippen LogP contribution in [0.3, 0.4) is 0 Å². The van der Waals surface area contributed by atoms with Gasteiger partial charge in [-0.05, 0) is 0 Å². The summed E-state index contributed by atoms with van der Waals surface area (Å²) in [5.41, 5.74) is 0. The van der Waals surface area contributed by atoms with Crippen molar-refractivity contribution in [2.75, 3.05) is 0 Å². The molecule has 1 aliphatic rings. The Labute approximate surface area is 179 Å². The van der Waals surface area contributed by atoms with Crippen LogP contribution in [-0.4, -0.2) is 20.5 Å². The van der Waals surface area contributed by atoms with Gasteiger partial charge in [0.25, 0.3) is 0 Å². The summed E-state index contributed by atoms with van der Waals surface area (Å²) in [6.07, 6.45) is 0. The average molecular weight is 482 g/mol. The Kier molecular flexibility index (Phi) is 4.19. The Bertz CT molecular complexity index is 997. The van der Waals surface area contributed by atoms with E-state index in [0.29, 0.717) is 0 Å². The third-order valence-electron chi connectivity index (χ3n) is 6.08. The van der Waals surface area contributed by atoms with E-state index in [1.54, 1.807) is 0 Å². The van der Waals surface area contributed by atoms with E-state index in [1.165, 1.54) is 0 Å². The first-order valence-electron chi connectivity index (χ1n) is 9.58. The Morgan fingerprint density at radius 1 is 0.483 bits per heavy atom. The van der Waals surface area contributed by atoms with Crippen LogP contribution in [0.25, 0.3) is 0 Å². The van der Waals surface area contributed by atoms with Gasteiger partial charge in [0, 0.05) is 0 Å². The fourth-order valence-corrected chi connectivity index (χ4v) is 34.1. The van der Waals surface area contributed by atoms with Gasteiger partial charge < -0.3 is 0 Å². The van der Waals surface area contributed by atoms with Crippen LogP contribution in [-0.2, 0) is 0 Å². The number of hydrogen-bond acceptors (Lipinski definition) is 2. The predicted molar refractivity (Wildman–Crippen MR) is 131 cm³/mol. The van der Waals surface area contributed by atoms with Crippen molar-refractivity contribution >= 4 is 48.6 Å². The molecule has 1 saturated heterocycles. The number of rotatable bonds is 4. The summed E-state index contributed by atoms with van der Waals surface area (Å²) in [4.78, 5) is 17.1. The third kappa shape index (κ3) is 2.16. The SMILES string of the molecule is OP1(c2ccccc2)(c2ccccc2)NP1([SeH])(c1ccccc1)c1ccccc1. The molecular formula is C24H23NOP2Se. The van der Waals surface area contributed by atoms with Gasteiger partial charge in [-0.3, -0.25) is 0 Å². The number of hydrogen-bond donors (Lipinski definition) is 2. The molecule has 0 radical (unpaired) electrons. The molecule has 29 heavy (non-hydrogen) atoms. The first-order valence-corrected chi connectivity index (χ1v) is 17.2. The van der Waals surface area contributed by atoms with Crippen LogP contribution in [0.1, 0.15) is 0 Å². The van der Waals surface area contributed by atoms with E-state index in [9.17, 15) is 4.89 Å². The van der Waals surface area contributed by atoms with Crippen LogP contribution in [0.4, 0.5) is 0 Å². The second kappa shape index (κ2) is 6.34. The Hall–Kier alpha value is -1.82. The van der Waals surface area contributed by atoms with E-state index < -0.39 is 11.8 Å². The molecule has 0 spiro atoms. The van der Waals surface area contributed by atoms with E-state index in [0.717, 1.165) is 21.2 Å². The molecule has 5 rings (SSSR count). The van der Waals surface area contributed by atoms with Crippen LogP contribution in [0.2, 0.25) is 0 Å². The molecule has 0 saturated carbocycles. The molecule has 0 aliphatic carbocycles. The molecule has 0 unspecified atom stereocenters. The van der Waals surface area contributed by atoms with Crippen molar-refractivity contribution in [3.8, 4) is 0 Å². The van der Waals surface area contributed by atoms with E-state index in [2.05, 4.69) is 93.2 Å². The maximum atomic E-state index is 13.2. The van der Waals surface area contributed by atoms with Crippen molar-refractivity contribution in [2.45, 2.75) is 0 Å². The zero-order valence-corrected chi connectivity index (χ0v) is 19.5. The zero-order chi connectivity index (χ0) is 20.1. The standard InChI is InChI=1S/C24H23NOP2Se/c26-27(21-13-5-1-6-14-21,22-15-7-2-8-16-22)25-28(27,29,23-17-9-3-10-18-23)24-19-11-4-12-20-24/h1-20,25-26,29H. The Morgan fingerprint density at radius 3 is 1.07 bits per heavy atom. The fraction of sp³-hybridized carbons (Fsp3) is 0. The number of benzene rings is 4. The van der Waals surface area contributed by atoms with E-state index >= 15 is 0 Å². The molecule has 146 valence electrons. The monoisotopic (exact) mass is 483 g/mol. The van der Waals surface area contributed by atoms with Crippen LogP contribution in [0.5, 0.6) is 0 Å². The molecule has 1 aliphatic heterocycles. The van der Waals surface area contributed by atoms with Crippen molar-refractivity contribution in [1.29, 1.82) is 0 Å². The van der Waals surface area contributed by atoms with Gasteiger partial charge >= 0.3 is 180 Å². The van der Waals surface area contributed by atoms with Gasteiger partial charge in [0.15, 0.2) is 0 Å². The molecule has 0 atom stereocenters. The van der Waals surface area contributed by atoms with Gasteiger partial charge in [0.1, 0.15) is 0 Å². The summed E-state index contributed by atoms with van der Waals surface area (Å²) >= 11 is 2.96. The predicted octanol–water partition coefficient (Wildman–Crippen LogP) is 3.47. The van der Waals surface area contributed by atoms with Gasteiger partial charge in [-0.25, -0.2) is 0 Å². The van der Waals surface area contributed by atoms with Crippen LogP contribution in [0, 0.1) is 0 Å². The quantitative estimate of drug-likeness (QED) is 0.266. The molecule has 0 bridgehead atoms. The summed E-state index contributed by atoms with van der Waals surface area (Å²) in [6, 6.07) is 41.4. The van der Waals surface area contributed by atoms with Crippen molar-refractivity contribution in [2.24, 2.45) is 0 Å². The maximum absolute atomic E-state index is 13.2. The molecule has 2 nitrogen and oxygen atoms in total. The Morgan fingerprint density at radius 2 is 0.759 bits per heavy atom. The van der Waals surface area contributed by atoms with E-state index in [-0.39, 0.29) is 0 Å². The minimum absolute atomic E-state index is 0.982. The number of nitrogens with one attached hydrogen (secondary N) is 1. The average Bonchev–Trinajstić information content (AvgIpc) is 3.33. The van der Waals surface area contributed by atoms with Crippen LogP contribution in [0.15, 0.2) is 121 Å². The van der Waals surface area contributed by atoms with Crippen molar-refractivity contribution in [3.05, 3.63) is 121 Å². The van der Waals surface area contributed by atoms with Gasteiger partial charge in [0.2, 0.25) is 0 Å². The van der Waals surface area contributed by atoms with Gasteiger partial charge in [-0.15, -0.1) is 0 Å². The fourth-order valence-electron chi connectivity index (χ4n) is 4.61. The van der Waals surface area contributed by atoms with E-state index in [4.69, 9.17) is 0 Å². The van der Waals surface area contributed by atoms with Crippen LogP contribution >= 0.6 is 11.8 Å². The summed E-state index contributed by atoms with van der Waals surface area (Å²) in [7, 11) is 0. The second-order valence-electron chi connectivity index (χ2n) is 7.49. The molecule has 5 heteroatoms. The van der Waals surface area contributed by atoms with E-state index in [1.807, 2.05) is 48.5 Å². The summed E-state index contributed by atoms with van der Waals surface area (Å²) in [5.74, 6) is 0. The first kappa shape index (κ1) is 19.2. The van der Waals surface area contributed by atoms with Crippen molar-refractivity contribution < 1.29 is 4.89 Å². The first-order chi connectivity index (χ1) is 14.0. The van der Waals surface area contributed by atoms with Crippen molar-refractivity contribution in [3.63, 3.8) is 0 Å². The van der Waals surface area contributed by atoms with Crippen LogP contribution < -0.4 is 26.1 Å². The molecule has 4 aromatic carbocycles.